The number of rotatable bonds is 4. The first-order valence-corrected chi connectivity index (χ1v) is 6.53. The summed E-state index contributed by atoms with van der Waals surface area (Å²) in [5.41, 5.74) is 0.593. The van der Waals surface area contributed by atoms with Gasteiger partial charge in [0.15, 0.2) is 0 Å². The fourth-order valence-electron chi connectivity index (χ4n) is 0.824. The minimum atomic E-state index is -0.389. The van der Waals surface area contributed by atoms with Gasteiger partial charge in [-0.05, 0) is 23.7 Å². The maximum atomic E-state index is 11.0. The largest absolute Gasteiger partial charge is 0.276 e. The lowest BCUT2D eigenvalue weighted by molar-refractivity contribution is 0.107. The Balaban J connectivity index is 2.84. The Morgan fingerprint density at radius 2 is 2.15 bits per heavy atom. The van der Waals surface area contributed by atoms with Gasteiger partial charge in [0.2, 0.25) is 0 Å². The van der Waals surface area contributed by atoms with Crippen molar-refractivity contribution in [1.82, 2.24) is 0 Å². The Morgan fingerprint density at radius 1 is 1.46 bits per heavy atom. The van der Waals surface area contributed by atoms with E-state index in [2.05, 4.69) is 6.92 Å². The zero-order valence-corrected chi connectivity index (χ0v) is 9.51. The molecule has 0 saturated heterocycles. The quantitative estimate of drug-likeness (QED) is 0.580. The van der Waals surface area contributed by atoms with Gasteiger partial charge in [-0.3, -0.25) is 4.79 Å². The van der Waals surface area contributed by atoms with Gasteiger partial charge in [0.1, 0.15) is 0 Å². The molecule has 13 heavy (non-hydrogen) atoms. The van der Waals surface area contributed by atoms with E-state index in [-0.39, 0.29) is 5.24 Å². The van der Waals surface area contributed by atoms with Gasteiger partial charge in [-0.2, -0.15) is 0 Å². The van der Waals surface area contributed by atoms with E-state index in [1.807, 2.05) is 18.2 Å². The number of halogens is 1. The van der Waals surface area contributed by atoms with Gasteiger partial charge >= 0.3 is 0 Å². The Kier molecular flexibility index (Phi) is 4.70. The molecular weight excluding hydrogens is 224 g/mol. The highest BCUT2D eigenvalue weighted by molar-refractivity contribution is 8.76. The first-order chi connectivity index (χ1) is 6.25. The van der Waals surface area contributed by atoms with Crippen LogP contribution in [0.15, 0.2) is 29.2 Å². The van der Waals surface area contributed by atoms with Gasteiger partial charge in [-0.1, -0.05) is 40.6 Å². The summed E-state index contributed by atoms with van der Waals surface area (Å²) in [4.78, 5) is 11.9. The monoisotopic (exact) mass is 232 g/mol. The lowest BCUT2D eigenvalue weighted by Crippen LogP contribution is -1.90. The smallest absolute Gasteiger partial charge is 0.253 e. The normalized spacial score (nSPS) is 10.0. The van der Waals surface area contributed by atoms with Crippen molar-refractivity contribution < 1.29 is 4.79 Å². The Bertz CT molecular complexity index is 301. The Hall–Kier alpha value is -0.120. The van der Waals surface area contributed by atoms with Crippen LogP contribution >= 0.6 is 33.2 Å². The third-order valence-corrected chi connectivity index (χ3v) is 4.06. The molecule has 0 aliphatic rings. The zero-order valence-electron chi connectivity index (χ0n) is 7.12. The highest BCUT2D eigenvalue weighted by atomic mass is 35.5. The summed E-state index contributed by atoms with van der Waals surface area (Å²) in [6, 6.07) is 7.37. The van der Waals surface area contributed by atoms with E-state index in [9.17, 15) is 4.79 Å². The van der Waals surface area contributed by atoms with Gasteiger partial charge in [-0.15, -0.1) is 0 Å². The summed E-state index contributed by atoms with van der Waals surface area (Å²) in [6.45, 7) is 2.07. The van der Waals surface area contributed by atoms with Gasteiger partial charge in [-0.25, -0.2) is 0 Å². The van der Waals surface area contributed by atoms with Crippen molar-refractivity contribution in [2.24, 2.45) is 0 Å². The van der Waals surface area contributed by atoms with Crippen molar-refractivity contribution in [2.45, 2.75) is 11.8 Å². The second kappa shape index (κ2) is 5.58. The molecule has 0 aliphatic heterocycles. The van der Waals surface area contributed by atoms with Crippen LogP contribution < -0.4 is 0 Å². The van der Waals surface area contributed by atoms with Crippen molar-refractivity contribution in [2.75, 3.05) is 5.75 Å². The molecule has 0 bridgehead atoms. The third kappa shape index (κ3) is 3.25. The standard InChI is InChI=1S/C9H9ClOS2/c1-2-12-13-8-6-4-3-5-7(8)9(10)11/h3-6H,2H2,1H3. The van der Waals surface area contributed by atoms with Gasteiger partial charge < -0.3 is 0 Å². The van der Waals surface area contributed by atoms with E-state index >= 15 is 0 Å². The predicted octanol–water partition coefficient (Wildman–Crippen LogP) is 3.83. The minimum absolute atomic E-state index is 0.389. The summed E-state index contributed by atoms with van der Waals surface area (Å²) >= 11 is 5.43. The van der Waals surface area contributed by atoms with Crippen LogP contribution in [0.3, 0.4) is 0 Å². The van der Waals surface area contributed by atoms with E-state index in [4.69, 9.17) is 11.6 Å². The van der Waals surface area contributed by atoms with Crippen LogP contribution in [-0.4, -0.2) is 11.0 Å². The fourth-order valence-corrected chi connectivity index (χ4v) is 2.84. The Labute approximate surface area is 90.6 Å². The molecule has 0 spiro atoms. The molecule has 0 amide bonds. The maximum absolute atomic E-state index is 11.0. The van der Waals surface area contributed by atoms with E-state index < -0.39 is 0 Å². The topological polar surface area (TPSA) is 17.1 Å². The minimum Gasteiger partial charge on any atom is -0.276 e. The lowest BCUT2D eigenvalue weighted by atomic mass is 10.2. The summed E-state index contributed by atoms with van der Waals surface area (Å²) in [6.07, 6.45) is 0. The van der Waals surface area contributed by atoms with Crippen molar-refractivity contribution in [1.29, 1.82) is 0 Å². The first kappa shape index (κ1) is 11.0. The molecule has 0 atom stereocenters. The molecule has 0 fully saturated rings. The van der Waals surface area contributed by atoms with Crippen LogP contribution in [-0.2, 0) is 0 Å². The molecular formula is C9H9ClOS2. The second-order valence-corrected chi connectivity index (χ2v) is 5.23. The predicted molar refractivity (Wildman–Crippen MR) is 60.6 cm³/mol. The van der Waals surface area contributed by atoms with Gasteiger partial charge in [0.25, 0.3) is 5.24 Å². The van der Waals surface area contributed by atoms with Gasteiger partial charge in [0, 0.05) is 16.2 Å². The maximum Gasteiger partial charge on any atom is 0.253 e. The number of carbonyl (C=O) groups excluding carboxylic acids is 1. The molecule has 0 unspecified atom stereocenters. The molecule has 0 saturated carbocycles. The first-order valence-electron chi connectivity index (χ1n) is 3.84. The molecule has 4 heteroatoms. The van der Waals surface area contributed by atoms with E-state index in [1.54, 1.807) is 27.7 Å². The SMILES string of the molecule is CCSSc1ccccc1C(=O)Cl. The third-order valence-electron chi connectivity index (χ3n) is 1.37. The van der Waals surface area contributed by atoms with Crippen LogP contribution in [0.2, 0.25) is 0 Å². The molecule has 0 aromatic heterocycles. The highest BCUT2D eigenvalue weighted by Gasteiger charge is 2.07. The fraction of sp³-hybridized carbons (Fsp3) is 0.222. The zero-order chi connectivity index (χ0) is 9.68. The van der Waals surface area contributed by atoms with Crippen molar-refractivity contribution in [3.63, 3.8) is 0 Å². The summed E-state index contributed by atoms with van der Waals surface area (Å²) in [7, 11) is 3.29. The van der Waals surface area contributed by atoms with Crippen LogP contribution in [0.25, 0.3) is 0 Å². The molecule has 1 rings (SSSR count). The molecule has 1 aromatic rings. The van der Waals surface area contributed by atoms with E-state index in [0.717, 1.165) is 10.6 Å². The Morgan fingerprint density at radius 3 is 2.77 bits per heavy atom. The van der Waals surface area contributed by atoms with Crippen LogP contribution in [0.5, 0.6) is 0 Å². The van der Waals surface area contributed by atoms with Crippen molar-refractivity contribution in [3.05, 3.63) is 29.8 Å². The van der Waals surface area contributed by atoms with E-state index in [0.29, 0.717) is 5.56 Å². The van der Waals surface area contributed by atoms with Crippen LogP contribution in [0, 0.1) is 0 Å². The second-order valence-electron chi connectivity index (χ2n) is 2.26. The number of benzene rings is 1. The number of carbonyl (C=O) groups is 1. The average molecular weight is 233 g/mol. The van der Waals surface area contributed by atoms with Crippen molar-refractivity contribution >= 4 is 38.4 Å². The molecule has 0 heterocycles. The summed E-state index contributed by atoms with van der Waals surface area (Å²) in [5.74, 6) is 1.01. The molecule has 1 aromatic carbocycles. The molecule has 70 valence electrons. The summed E-state index contributed by atoms with van der Waals surface area (Å²) in [5, 5.41) is -0.389. The van der Waals surface area contributed by atoms with E-state index in [1.165, 1.54) is 0 Å². The lowest BCUT2D eigenvalue weighted by Gasteiger charge is -2.02. The van der Waals surface area contributed by atoms with Gasteiger partial charge in [0.05, 0.1) is 0 Å². The molecule has 1 nitrogen and oxygen atoms in total. The average Bonchev–Trinajstić information content (AvgIpc) is 2.15. The molecule has 0 N–H and O–H groups in total. The molecule has 0 radical (unpaired) electrons. The molecule has 0 aliphatic carbocycles. The number of hydrogen-bond acceptors (Lipinski definition) is 3. The number of hydrogen-bond donors (Lipinski definition) is 0. The van der Waals surface area contributed by atoms with Crippen molar-refractivity contribution in [3.8, 4) is 0 Å². The van der Waals surface area contributed by atoms with Crippen LogP contribution in [0.1, 0.15) is 17.3 Å². The van der Waals surface area contributed by atoms with Crippen LogP contribution in [0.4, 0.5) is 0 Å². The summed E-state index contributed by atoms with van der Waals surface area (Å²) < 4.78 is 0. The highest BCUT2D eigenvalue weighted by Crippen LogP contribution is 2.33.